The van der Waals surface area contributed by atoms with E-state index in [0.29, 0.717) is 11.5 Å². The van der Waals surface area contributed by atoms with Crippen molar-refractivity contribution in [2.45, 2.75) is 32.7 Å². The summed E-state index contributed by atoms with van der Waals surface area (Å²) in [5, 5.41) is 3.68. The lowest BCUT2D eigenvalue weighted by molar-refractivity contribution is 0.134. The van der Waals surface area contributed by atoms with Crippen LogP contribution in [0.1, 0.15) is 38.3 Å². The molecule has 0 saturated carbocycles. The normalized spacial score (nSPS) is 21.7. The van der Waals surface area contributed by atoms with Gasteiger partial charge < -0.3 is 10.2 Å². The summed E-state index contributed by atoms with van der Waals surface area (Å²) in [5.41, 5.74) is 1.77. The zero-order valence-corrected chi connectivity index (χ0v) is 11.8. The van der Waals surface area contributed by atoms with Gasteiger partial charge in [0.2, 0.25) is 0 Å². The van der Waals surface area contributed by atoms with Crippen molar-refractivity contribution in [3.8, 4) is 0 Å². The highest BCUT2D eigenvalue weighted by molar-refractivity contribution is 5.14. The molecule has 1 aliphatic rings. The summed E-state index contributed by atoms with van der Waals surface area (Å²) < 4.78 is 0. The van der Waals surface area contributed by atoms with Gasteiger partial charge in [-0.05, 0) is 63.0 Å². The number of nitrogens with zero attached hydrogens (tertiary/aromatic N) is 2. The van der Waals surface area contributed by atoms with Crippen molar-refractivity contribution in [3.63, 3.8) is 0 Å². The molecule has 0 radical (unpaired) electrons. The second-order valence-electron chi connectivity index (χ2n) is 6.00. The maximum absolute atomic E-state index is 4.07. The standard InChI is InChI=1S/C15H25N3/c1-13(14-4-8-16-9-5-14)17-12-15(2)6-10-18(3)11-7-15/h4-5,8-9,13,17H,6-7,10-12H2,1-3H3. The average Bonchev–Trinajstić information content (AvgIpc) is 2.41. The molecule has 1 saturated heterocycles. The van der Waals surface area contributed by atoms with Crippen LogP contribution in [0.4, 0.5) is 0 Å². The number of hydrogen-bond acceptors (Lipinski definition) is 3. The molecule has 3 heteroatoms. The molecular weight excluding hydrogens is 222 g/mol. The molecule has 1 N–H and O–H groups in total. The quantitative estimate of drug-likeness (QED) is 0.886. The van der Waals surface area contributed by atoms with Crippen molar-refractivity contribution in [1.29, 1.82) is 0 Å². The van der Waals surface area contributed by atoms with E-state index in [0.717, 1.165) is 6.54 Å². The summed E-state index contributed by atoms with van der Waals surface area (Å²) in [6, 6.07) is 4.59. The fraction of sp³-hybridized carbons (Fsp3) is 0.667. The second-order valence-corrected chi connectivity index (χ2v) is 6.00. The Balaban J connectivity index is 1.84. The molecule has 0 amide bonds. The summed E-state index contributed by atoms with van der Waals surface area (Å²) in [7, 11) is 2.21. The van der Waals surface area contributed by atoms with Gasteiger partial charge in [-0.25, -0.2) is 0 Å². The fourth-order valence-electron chi connectivity index (χ4n) is 2.50. The number of pyridine rings is 1. The molecule has 0 aliphatic carbocycles. The molecule has 3 nitrogen and oxygen atoms in total. The van der Waals surface area contributed by atoms with E-state index in [1.54, 1.807) is 0 Å². The molecule has 0 aromatic carbocycles. The molecule has 0 bridgehead atoms. The Labute approximate surface area is 111 Å². The van der Waals surface area contributed by atoms with E-state index in [2.05, 4.69) is 48.2 Å². The molecule has 1 atom stereocenters. The first-order chi connectivity index (χ1) is 8.59. The van der Waals surface area contributed by atoms with Crippen LogP contribution in [0.3, 0.4) is 0 Å². The van der Waals surface area contributed by atoms with E-state index >= 15 is 0 Å². The molecule has 1 fully saturated rings. The van der Waals surface area contributed by atoms with E-state index in [4.69, 9.17) is 0 Å². The third-order valence-corrected chi connectivity index (χ3v) is 4.24. The third kappa shape index (κ3) is 3.53. The predicted molar refractivity (Wildman–Crippen MR) is 75.5 cm³/mol. The fourth-order valence-corrected chi connectivity index (χ4v) is 2.50. The zero-order valence-electron chi connectivity index (χ0n) is 11.8. The van der Waals surface area contributed by atoms with Crippen molar-refractivity contribution in [3.05, 3.63) is 30.1 Å². The third-order valence-electron chi connectivity index (χ3n) is 4.24. The molecule has 1 aliphatic heterocycles. The summed E-state index contributed by atoms with van der Waals surface area (Å²) in [4.78, 5) is 6.49. The summed E-state index contributed by atoms with van der Waals surface area (Å²) >= 11 is 0. The maximum Gasteiger partial charge on any atom is 0.0293 e. The van der Waals surface area contributed by atoms with Crippen LogP contribution in [0.5, 0.6) is 0 Å². The lowest BCUT2D eigenvalue weighted by Crippen LogP contribution is -2.42. The lowest BCUT2D eigenvalue weighted by Gasteiger charge is -2.38. The van der Waals surface area contributed by atoms with Gasteiger partial charge in [0.15, 0.2) is 0 Å². The molecule has 1 aromatic rings. The maximum atomic E-state index is 4.07. The summed E-state index contributed by atoms with van der Waals surface area (Å²) in [5.74, 6) is 0. The van der Waals surface area contributed by atoms with Gasteiger partial charge in [-0.2, -0.15) is 0 Å². The van der Waals surface area contributed by atoms with Crippen LogP contribution in [0, 0.1) is 5.41 Å². The summed E-state index contributed by atoms with van der Waals surface area (Å²) in [6.45, 7) is 8.19. The van der Waals surface area contributed by atoms with E-state index in [1.807, 2.05) is 12.4 Å². The highest BCUT2D eigenvalue weighted by atomic mass is 15.1. The van der Waals surface area contributed by atoms with Crippen LogP contribution in [0.15, 0.2) is 24.5 Å². The molecular formula is C15H25N3. The summed E-state index contributed by atoms with van der Waals surface area (Å²) in [6.07, 6.45) is 6.31. The number of aromatic nitrogens is 1. The monoisotopic (exact) mass is 247 g/mol. The van der Waals surface area contributed by atoms with Crippen LogP contribution in [0.2, 0.25) is 0 Å². The van der Waals surface area contributed by atoms with Crippen molar-refractivity contribution in [1.82, 2.24) is 15.2 Å². The lowest BCUT2D eigenvalue weighted by atomic mass is 9.80. The van der Waals surface area contributed by atoms with Crippen LogP contribution >= 0.6 is 0 Å². The average molecular weight is 247 g/mol. The Morgan fingerprint density at radius 2 is 1.94 bits per heavy atom. The Morgan fingerprint density at radius 3 is 2.56 bits per heavy atom. The van der Waals surface area contributed by atoms with Crippen molar-refractivity contribution >= 4 is 0 Å². The van der Waals surface area contributed by atoms with E-state index in [9.17, 15) is 0 Å². The first kappa shape index (κ1) is 13.5. The Hall–Kier alpha value is -0.930. The minimum Gasteiger partial charge on any atom is -0.310 e. The van der Waals surface area contributed by atoms with Crippen molar-refractivity contribution in [2.24, 2.45) is 5.41 Å². The largest absolute Gasteiger partial charge is 0.310 e. The van der Waals surface area contributed by atoms with Crippen LogP contribution in [0.25, 0.3) is 0 Å². The van der Waals surface area contributed by atoms with Crippen molar-refractivity contribution < 1.29 is 0 Å². The second kappa shape index (κ2) is 5.81. The minimum absolute atomic E-state index is 0.407. The SMILES string of the molecule is CC(NCC1(C)CCN(C)CC1)c1ccncc1. The van der Waals surface area contributed by atoms with Gasteiger partial charge in [-0.15, -0.1) is 0 Å². The Bertz CT molecular complexity index is 355. The van der Waals surface area contributed by atoms with Gasteiger partial charge in [0.25, 0.3) is 0 Å². The predicted octanol–water partition coefficient (Wildman–Crippen LogP) is 2.46. The first-order valence-corrected chi connectivity index (χ1v) is 6.91. The molecule has 100 valence electrons. The van der Waals surface area contributed by atoms with E-state index < -0.39 is 0 Å². The van der Waals surface area contributed by atoms with Crippen LogP contribution in [-0.2, 0) is 0 Å². The van der Waals surface area contributed by atoms with E-state index in [-0.39, 0.29) is 0 Å². The first-order valence-electron chi connectivity index (χ1n) is 6.91. The van der Waals surface area contributed by atoms with Gasteiger partial charge >= 0.3 is 0 Å². The molecule has 1 aromatic heterocycles. The molecule has 1 unspecified atom stereocenters. The molecule has 0 spiro atoms. The van der Waals surface area contributed by atoms with Crippen molar-refractivity contribution in [2.75, 3.05) is 26.7 Å². The highest BCUT2D eigenvalue weighted by Gasteiger charge is 2.28. The molecule has 2 rings (SSSR count). The number of rotatable bonds is 4. The van der Waals surface area contributed by atoms with Gasteiger partial charge in [0.05, 0.1) is 0 Å². The number of nitrogens with one attached hydrogen (secondary N) is 1. The van der Waals surface area contributed by atoms with Gasteiger partial charge in [-0.1, -0.05) is 6.92 Å². The zero-order chi connectivity index (χ0) is 13.0. The van der Waals surface area contributed by atoms with E-state index in [1.165, 1.54) is 31.5 Å². The van der Waals surface area contributed by atoms with Crippen LogP contribution in [-0.4, -0.2) is 36.6 Å². The topological polar surface area (TPSA) is 28.2 Å². The minimum atomic E-state index is 0.407. The molecule has 2 heterocycles. The number of likely N-dealkylation sites (tertiary alicyclic amines) is 1. The smallest absolute Gasteiger partial charge is 0.0293 e. The van der Waals surface area contributed by atoms with Gasteiger partial charge in [-0.3, -0.25) is 4.98 Å². The number of piperidine rings is 1. The highest BCUT2D eigenvalue weighted by Crippen LogP contribution is 2.30. The number of hydrogen-bond donors (Lipinski definition) is 1. The Kier molecular flexibility index (Phi) is 4.36. The molecule has 18 heavy (non-hydrogen) atoms. The van der Waals surface area contributed by atoms with Crippen LogP contribution < -0.4 is 5.32 Å². The van der Waals surface area contributed by atoms with Gasteiger partial charge in [0, 0.05) is 25.0 Å². The Morgan fingerprint density at radius 1 is 1.33 bits per heavy atom. The van der Waals surface area contributed by atoms with Gasteiger partial charge in [0.1, 0.15) is 0 Å².